The van der Waals surface area contributed by atoms with Gasteiger partial charge in [0.2, 0.25) is 5.88 Å². The number of aromatic nitrogens is 3. The van der Waals surface area contributed by atoms with Gasteiger partial charge in [0, 0.05) is 23.7 Å². The van der Waals surface area contributed by atoms with Crippen molar-refractivity contribution in [3.05, 3.63) is 77.8 Å². The van der Waals surface area contributed by atoms with Crippen LogP contribution in [0, 0.1) is 12.7 Å². The molecule has 2 aromatic heterocycles. The standard InChI is InChI=1S/C17H15FN4O2/c1-12-6-7-14(16(21-23)22-9-8-19-11-22)17(20-12)24-10-13-4-2-3-5-15(13)18/h2-9,11,23H,10H2,1H3/b21-16-. The molecule has 24 heavy (non-hydrogen) atoms. The molecule has 3 rings (SSSR count). The summed E-state index contributed by atoms with van der Waals surface area (Å²) in [7, 11) is 0. The van der Waals surface area contributed by atoms with Gasteiger partial charge in [-0.15, -0.1) is 0 Å². The summed E-state index contributed by atoms with van der Waals surface area (Å²) in [5, 5.41) is 12.7. The normalized spacial score (nSPS) is 11.5. The minimum Gasteiger partial charge on any atom is -0.472 e. The van der Waals surface area contributed by atoms with Crippen LogP contribution in [0.3, 0.4) is 0 Å². The third-order valence-electron chi connectivity index (χ3n) is 3.41. The molecular weight excluding hydrogens is 311 g/mol. The third-order valence-corrected chi connectivity index (χ3v) is 3.41. The van der Waals surface area contributed by atoms with Crippen molar-refractivity contribution in [2.75, 3.05) is 0 Å². The van der Waals surface area contributed by atoms with Crippen LogP contribution in [0.25, 0.3) is 0 Å². The maximum Gasteiger partial charge on any atom is 0.225 e. The fourth-order valence-electron chi connectivity index (χ4n) is 2.20. The van der Waals surface area contributed by atoms with Gasteiger partial charge < -0.3 is 9.94 Å². The lowest BCUT2D eigenvalue weighted by Gasteiger charge is -2.13. The highest BCUT2D eigenvalue weighted by Crippen LogP contribution is 2.20. The fraction of sp³-hybridized carbons (Fsp3) is 0.118. The van der Waals surface area contributed by atoms with E-state index >= 15 is 0 Å². The van der Waals surface area contributed by atoms with Gasteiger partial charge in [0.15, 0.2) is 5.84 Å². The monoisotopic (exact) mass is 326 g/mol. The van der Waals surface area contributed by atoms with Crippen molar-refractivity contribution in [2.45, 2.75) is 13.5 Å². The third kappa shape index (κ3) is 3.24. The van der Waals surface area contributed by atoms with Gasteiger partial charge in [-0.2, -0.15) is 0 Å². The number of halogens is 1. The van der Waals surface area contributed by atoms with E-state index in [1.165, 1.54) is 17.0 Å². The zero-order valence-electron chi connectivity index (χ0n) is 12.9. The Hall–Kier alpha value is -3.22. The number of aryl methyl sites for hydroxylation is 1. The Morgan fingerprint density at radius 1 is 1.29 bits per heavy atom. The van der Waals surface area contributed by atoms with Crippen LogP contribution in [0.1, 0.15) is 16.8 Å². The van der Waals surface area contributed by atoms with Crippen molar-refractivity contribution < 1.29 is 14.3 Å². The molecule has 0 fully saturated rings. The van der Waals surface area contributed by atoms with Gasteiger partial charge in [-0.25, -0.2) is 14.4 Å². The molecule has 0 atom stereocenters. The van der Waals surface area contributed by atoms with E-state index in [4.69, 9.17) is 4.74 Å². The Morgan fingerprint density at radius 3 is 2.83 bits per heavy atom. The molecule has 0 aliphatic rings. The van der Waals surface area contributed by atoms with Crippen LogP contribution in [0.15, 0.2) is 60.3 Å². The number of rotatable bonds is 4. The van der Waals surface area contributed by atoms with Crippen molar-refractivity contribution in [3.8, 4) is 5.88 Å². The van der Waals surface area contributed by atoms with Crippen LogP contribution in [0.2, 0.25) is 0 Å². The van der Waals surface area contributed by atoms with Crippen molar-refractivity contribution in [3.63, 3.8) is 0 Å². The van der Waals surface area contributed by atoms with E-state index in [1.807, 2.05) is 6.92 Å². The predicted molar refractivity (Wildman–Crippen MR) is 85.7 cm³/mol. The maximum atomic E-state index is 13.7. The lowest BCUT2D eigenvalue weighted by molar-refractivity contribution is 0.285. The maximum absolute atomic E-state index is 13.7. The molecule has 0 saturated carbocycles. The number of benzene rings is 1. The average Bonchev–Trinajstić information content (AvgIpc) is 3.11. The topological polar surface area (TPSA) is 72.5 Å². The van der Waals surface area contributed by atoms with E-state index in [9.17, 15) is 9.60 Å². The molecule has 0 bridgehead atoms. The van der Waals surface area contributed by atoms with Crippen molar-refractivity contribution >= 4 is 5.84 Å². The fourth-order valence-corrected chi connectivity index (χ4v) is 2.20. The Kier molecular flexibility index (Phi) is 4.51. The van der Waals surface area contributed by atoms with Crippen molar-refractivity contribution in [2.24, 2.45) is 5.16 Å². The smallest absolute Gasteiger partial charge is 0.225 e. The summed E-state index contributed by atoms with van der Waals surface area (Å²) < 4.78 is 21.0. The van der Waals surface area contributed by atoms with E-state index in [-0.39, 0.29) is 24.1 Å². The van der Waals surface area contributed by atoms with Crippen LogP contribution in [-0.2, 0) is 6.61 Å². The van der Waals surface area contributed by atoms with Crippen LogP contribution < -0.4 is 4.74 Å². The molecule has 0 amide bonds. The lowest BCUT2D eigenvalue weighted by Crippen LogP contribution is -2.15. The first-order valence-corrected chi connectivity index (χ1v) is 7.23. The van der Waals surface area contributed by atoms with Gasteiger partial charge >= 0.3 is 0 Å². The second kappa shape index (κ2) is 6.91. The minimum absolute atomic E-state index is 0.0127. The summed E-state index contributed by atoms with van der Waals surface area (Å²) in [6.45, 7) is 1.82. The molecule has 2 heterocycles. The van der Waals surface area contributed by atoms with Crippen molar-refractivity contribution in [1.82, 2.24) is 14.5 Å². The highest BCUT2D eigenvalue weighted by atomic mass is 19.1. The minimum atomic E-state index is -0.350. The van der Waals surface area contributed by atoms with Gasteiger partial charge in [-0.3, -0.25) is 4.57 Å². The van der Waals surface area contributed by atoms with Crippen molar-refractivity contribution in [1.29, 1.82) is 0 Å². The highest BCUT2D eigenvalue weighted by Gasteiger charge is 2.16. The number of hydrogen-bond donors (Lipinski definition) is 1. The van der Waals surface area contributed by atoms with E-state index in [1.54, 1.807) is 42.7 Å². The Labute approximate surface area is 137 Å². The summed E-state index contributed by atoms with van der Waals surface area (Å²) in [5.41, 5.74) is 1.61. The number of oxime groups is 1. The Morgan fingerprint density at radius 2 is 2.12 bits per heavy atom. The molecule has 0 radical (unpaired) electrons. The van der Waals surface area contributed by atoms with Crippen LogP contribution >= 0.6 is 0 Å². The molecule has 1 N–H and O–H groups in total. The van der Waals surface area contributed by atoms with Gasteiger partial charge in [0.05, 0.1) is 5.56 Å². The molecule has 7 heteroatoms. The SMILES string of the molecule is Cc1ccc(/C(=N/O)n2ccnc2)c(OCc2ccccc2F)n1. The van der Waals surface area contributed by atoms with Crippen LogP contribution in [0.5, 0.6) is 5.88 Å². The second-order valence-corrected chi connectivity index (χ2v) is 5.08. The largest absolute Gasteiger partial charge is 0.472 e. The first-order valence-electron chi connectivity index (χ1n) is 7.23. The number of pyridine rings is 1. The summed E-state index contributed by atoms with van der Waals surface area (Å²) in [5.74, 6) is 0.112. The summed E-state index contributed by atoms with van der Waals surface area (Å²) >= 11 is 0. The Balaban J connectivity index is 1.93. The molecule has 0 aliphatic heterocycles. The lowest BCUT2D eigenvalue weighted by atomic mass is 10.2. The molecule has 0 unspecified atom stereocenters. The summed E-state index contributed by atoms with van der Waals surface area (Å²) in [6, 6.07) is 9.86. The Bertz CT molecular complexity index is 863. The highest BCUT2D eigenvalue weighted by molar-refractivity contribution is 6.01. The van der Waals surface area contributed by atoms with E-state index in [0.717, 1.165) is 5.69 Å². The molecule has 3 aromatic rings. The zero-order chi connectivity index (χ0) is 16.9. The van der Waals surface area contributed by atoms with Crippen LogP contribution in [0.4, 0.5) is 4.39 Å². The second-order valence-electron chi connectivity index (χ2n) is 5.08. The van der Waals surface area contributed by atoms with Gasteiger partial charge in [-0.1, -0.05) is 23.4 Å². The number of hydrogen-bond acceptors (Lipinski definition) is 5. The van der Waals surface area contributed by atoms with E-state index < -0.39 is 0 Å². The van der Waals surface area contributed by atoms with Crippen LogP contribution in [-0.4, -0.2) is 25.6 Å². The molecule has 0 saturated heterocycles. The number of nitrogens with zero attached hydrogens (tertiary/aromatic N) is 4. The first kappa shape index (κ1) is 15.7. The first-order chi connectivity index (χ1) is 11.7. The van der Waals surface area contributed by atoms with E-state index in [2.05, 4.69) is 15.1 Å². The van der Waals surface area contributed by atoms with E-state index in [0.29, 0.717) is 11.1 Å². The molecule has 1 aromatic carbocycles. The number of imidazole rings is 1. The number of ether oxygens (including phenoxy) is 1. The molecular formula is C17H15FN4O2. The van der Waals surface area contributed by atoms with Gasteiger partial charge in [-0.05, 0) is 25.1 Å². The summed E-state index contributed by atoms with van der Waals surface area (Å²) in [6.07, 6.45) is 4.69. The molecule has 122 valence electrons. The quantitative estimate of drug-likeness (QED) is 0.346. The predicted octanol–water partition coefficient (Wildman–Crippen LogP) is 2.99. The molecule has 6 nitrogen and oxygen atoms in total. The molecule has 0 spiro atoms. The zero-order valence-corrected chi connectivity index (χ0v) is 12.9. The summed E-state index contributed by atoms with van der Waals surface area (Å²) in [4.78, 5) is 8.26. The molecule has 0 aliphatic carbocycles. The van der Waals surface area contributed by atoms with Gasteiger partial charge in [0.1, 0.15) is 18.8 Å². The van der Waals surface area contributed by atoms with Gasteiger partial charge in [0.25, 0.3) is 0 Å². The average molecular weight is 326 g/mol.